The minimum absolute atomic E-state index is 0.105. The third-order valence-corrected chi connectivity index (χ3v) is 4.62. The van der Waals surface area contributed by atoms with E-state index >= 15 is 0 Å². The van der Waals surface area contributed by atoms with Crippen LogP contribution < -0.4 is 10.2 Å². The number of aryl methyl sites for hydroxylation is 1. The summed E-state index contributed by atoms with van der Waals surface area (Å²) in [5.74, 6) is -0.105. The summed E-state index contributed by atoms with van der Waals surface area (Å²) in [5.41, 5.74) is 3.40. The van der Waals surface area contributed by atoms with Crippen LogP contribution in [0.4, 0.5) is 11.4 Å². The van der Waals surface area contributed by atoms with Gasteiger partial charge in [0.25, 0.3) is 5.91 Å². The van der Waals surface area contributed by atoms with Crippen LogP contribution in [-0.4, -0.2) is 44.9 Å². The van der Waals surface area contributed by atoms with E-state index in [-0.39, 0.29) is 12.0 Å². The lowest BCUT2D eigenvalue weighted by atomic mass is 10.0. The van der Waals surface area contributed by atoms with Crippen LogP contribution in [-0.2, 0) is 20.7 Å². The van der Waals surface area contributed by atoms with Gasteiger partial charge in [0.2, 0.25) is 0 Å². The van der Waals surface area contributed by atoms with E-state index < -0.39 is 6.10 Å². The standard InChI is InChI=1S/C18H26N2O3/c1-13(23-12-16-6-4-10-22-16)18(21)19-15-7-8-17-14(11-15)5-3-9-20(17)2/h7-8,11,13,16H,3-6,9-10,12H2,1-2H3,(H,19,21). The van der Waals surface area contributed by atoms with E-state index in [1.165, 1.54) is 11.3 Å². The van der Waals surface area contributed by atoms with Gasteiger partial charge < -0.3 is 19.7 Å². The fourth-order valence-corrected chi connectivity index (χ4v) is 3.21. The second-order valence-electron chi connectivity index (χ2n) is 6.47. The zero-order valence-corrected chi connectivity index (χ0v) is 14.0. The molecule has 2 aliphatic rings. The first-order valence-corrected chi connectivity index (χ1v) is 8.51. The SMILES string of the molecule is CC(OCC1CCCO1)C(=O)Nc1ccc2c(c1)CCCN2C. The van der Waals surface area contributed by atoms with E-state index in [9.17, 15) is 4.79 Å². The molecule has 3 rings (SSSR count). The molecule has 1 aromatic rings. The number of fused-ring (bicyclic) bond motifs is 1. The Morgan fingerprint density at radius 1 is 1.48 bits per heavy atom. The number of hydrogen-bond acceptors (Lipinski definition) is 4. The predicted molar refractivity (Wildman–Crippen MR) is 91.1 cm³/mol. The molecule has 0 aromatic heterocycles. The summed E-state index contributed by atoms with van der Waals surface area (Å²) in [6.45, 7) is 4.17. The Morgan fingerprint density at radius 3 is 3.13 bits per heavy atom. The van der Waals surface area contributed by atoms with E-state index in [0.717, 1.165) is 44.5 Å². The Kier molecular flexibility index (Phi) is 5.18. The van der Waals surface area contributed by atoms with E-state index in [2.05, 4.69) is 29.4 Å². The van der Waals surface area contributed by atoms with E-state index in [1.54, 1.807) is 6.92 Å². The number of rotatable bonds is 5. The second-order valence-corrected chi connectivity index (χ2v) is 6.47. The number of carbonyl (C=O) groups excluding carboxylic acids is 1. The van der Waals surface area contributed by atoms with Crippen LogP contribution in [0.1, 0.15) is 31.7 Å². The molecule has 1 aromatic carbocycles. The van der Waals surface area contributed by atoms with Crippen molar-refractivity contribution < 1.29 is 14.3 Å². The molecule has 1 saturated heterocycles. The average Bonchev–Trinajstić information content (AvgIpc) is 3.06. The number of nitrogens with zero attached hydrogens (tertiary/aromatic N) is 1. The van der Waals surface area contributed by atoms with Crippen molar-refractivity contribution in [1.29, 1.82) is 0 Å². The van der Waals surface area contributed by atoms with E-state index in [4.69, 9.17) is 9.47 Å². The third-order valence-electron chi connectivity index (χ3n) is 4.62. The van der Waals surface area contributed by atoms with Gasteiger partial charge in [0.1, 0.15) is 6.10 Å². The van der Waals surface area contributed by atoms with Crippen molar-refractivity contribution in [3.8, 4) is 0 Å². The minimum Gasteiger partial charge on any atom is -0.376 e. The number of amides is 1. The van der Waals surface area contributed by atoms with Crippen LogP contribution in [0.2, 0.25) is 0 Å². The van der Waals surface area contributed by atoms with Crippen molar-refractivity contribution in [1.82, 2.24) is 0 Å². The van der Waals surface area contributed by atoms with Crippen LogP contribution in [0.5, 0.6) is 0 Å². The molecule has 2 aliphatic heterocycles. The predicted octanol–water partition coefficient (Wildman–Crippen LogP) is 2.59. The summed E-state index contributed by atoms with van der Waals surface area (Å²) in [6.07, 6.45) is 3.99. The molecular weight excluding hydrogens is 292 g/mol. The summed E-state index contributed by atoms with van der Waals surface area (Å²) in [4.78, 5) is 14.5. The third kappa shape index (κ3) is 4.03. The molecule has 0 saturated carbocycles. The lowest BCUT2D eigenvalue weighted by molar-refractivity contribution is -0.128. The minimum atomic E-state index is -0.474. The first-order chi connectivity index (χ1) is 11.1. The molecule has 0 aliphatic carbocycles. The van der Waals surface area contributed by atoms with Crippen molar-refractivity contribution in [3.05, 3.63) is 23.8 Å². The molecule has 23 heavy (non-hydrogen) atoms. The van der Waals surface area contributed by atoms with Crippen LogP contribution in [0, 0.1) is 0 Å². The summed E-state index contributed by atoms with van der Waals surface area (Å²) in [5, 5.41) is 2.96. The number of hydrogen-bond donors (Lipinski definition) is 1. The molecule has 126 valence electrons. The van der Waals surface area contributed by atoms with E-state index in [1.807, 2.05) is 6.07 Å². The monoisotopic (exact) mass is 318 g/mol. The van der Waals surface area contributed by atoms with Crippen LogP contribution in [0.15, 0.2) is 18.2 Å². The molecule has 0 radical (unpaired) electrons. The van der Waals surface area contributed by atoms with Gasteiger partial charge in [0.05, 0.1) is 12.7 Å². The van der Waals surface area contributed by atoms with Gasteiger partial charge in [-0.05, 0) is 56.4 Å². The maximum absolute atomic E-state index is 12.3. The van der Waals surface area contributed by atoms with Gasteiger partial charge in [-0.3, -0.25) is 4.79 Å². The van der Waals surface area contributed by atoms with Gasteiger partial charge in [-0.25, -0.2) is 0 Å². The fraction of sp³-hybridized carbons (Fsp3) is 0.611. The Hall–Kier alpha value is -1.59. The fourth-order valence-electron chi connectivity index (χ4n) is 3.21. The molecule has 5 heteroatoms. The number of carbonyl (C=O) groups is 1. The van der Waals surface area contributed by atoms with Gasteiger partial charge in [-0.1, -0.05) is 0 Å². The maximum Gasteiger partial charge on any atom is 0.253 e. The lowest BCUT2D eigenvalue weighted by Gasteiger charge is -2.28. The zero-order valence-electron chi connectivity index (χ0n) is 14.0. The van der Waals surface area contributed by atoms with Gasteiger partial charge in [0.15, 0.2) is 0 Å². The highest BCUT2D eigenvalue weighted by Crippen LogP contribution is 2.28. The molecule has 1 fully saturated rings. The Morgan fingerprint density at radius 2 is 2.35 bits per heavy atom. The first-order valence-electron chi connectivity index (χ1n) is 8.51. The van der Waals surface area contributed by atoms with Crippen molar-refractivity contribution in [2.75, 3.05) is 37.0 Å². The van der Waals surface area contributed by atoms with Crippen molar-refractivity contribution in [2.24, 2.45) is 0 Å². The quantitative estimate of drug-likeness (QED) is 0.906. The van der Waals surface area contributed by atoms with Gasteiger partial charge >= 0.3 is 0 Å². The number of benzene rings is 1. The molecule has 2 heterocycles. The highest BCUT2D eigenvalue weighted by molar-refractivity contribution is 5.94. The van der Waals surface area contributed by atoms with Crippen molar-refractivity contribution in [3.63, 3.8) is 0 Å². The largest absolute Gasteiger partial charge is 0.376 e. The molecular formula is C18H26N2O3. The number of ether oxygens (including phenoxy) is 2. The summed E-state index contributed by atoms with van der Waals surface area (Å²) < 4.78 is 11.2. The summed E-state index contributed by atoms with van der Waals surface area (Å²) >= 11 is 0. The summed E-state index contributed by atoms with van der Waals surface area (Å²) in [7, 11) is 2.11. The van der Waals surface area contributed by atoms with Gasteiger partial charge in [-0.15, -0.1) is 0 Å². The van der Waals surface area contributed by atoms with Crippen LogP contribution in [0.25, 0.3) is 0 Å². The molecule has 2 unspecified atom stereocenters. The lowest BCUT2D eigenvalue weighted by Crippen LogP contribution is -2.30. The van der Waals surface area contributed by atoms with Crippen molar-refractivity contribution >= 4 is 17.3 Å². The average molecular weight is 318 g/mol. The Balaban J connectivity index is 1.54. The van der Waals surface area contributed by atoms with Gasteiger partial charge in [-0.2, -0.15) is 0 Å². The molecule has 2 atom stereocenters. The molecule has 5 nitrogen and oxygen atoms in total. The molecule has 1 N–H and O–H groups in total. The second kappa shape index (κ2) is 7.32. The highest BCUT2D eigenvalue weighted by atomic mass is 16.5. The number of nitrogens with one attached hydrogen (secondary N) is 1. The maximum atomic E-state index is 12.3. The summed E-state index contributed by atoms with van der Waals surface area (Å²) in [6, 6.07) is 6.13. The topological polar surface area (TPSA) is 50.8 Å². The van der Waals surface area contributed by atoms with Gasteiger partial charge in [0, 0.05) is 31.6 Å². The molecule has 0 spiro atoms. The van der Waals surface area contributed by atoms with E-state index in [0.29, 0.717) is 6.61 Å². The van der Waals surface area contributed by atoms with Crippen molar-refractivity contribution in [2.45, 2.75) is 44.8 Å². The normalized spacial score (nSPS) is 21.8. The van der Waals surface area contributed by atoms with Crippen LogP contribution >= 0.6 is 0 Å². The first kappa shape index (κ1) is 16.3. The zero-order chi connectivity index (χ0) is 16.2. The molecule has 1 amide bonds. The molecule has 0 bridgehead atoms. The number of anilines is 2. The Labute approximate surface area is 137 Å². The smallest absolute Gasteiger partial charge is 0.253 e. The Bertz CT molecular complexity index is 555. The van der Waals surface area contributed by atoms with Crippen LogP contribution in [0.3, 0.4) is 0 Å². The highest BCUT2D eigenvalue weighted by Gasteiger charge is 2.20.